The number of halogens is 1. The molecule has 0 unspecified atom stereocenters. The first-order valence-corrected chi connectivity index (χ1v) is 9.07. The van der Waals surface area contributed by atoms with Gasteiger partial charge in [-0.25, -0.2) is 0 Å². The van der Waals surface area contributed by atoms with Gasteiger partial charge in [0, 0.05) is 43.4 Å². The second-order valence-electron chi connectivity index (χ2n) is 6.38. The Morgan fingerprint density at radius 3 is 2.48 bits per heavy atom. The number of carbonyl (C=O) groups excluding carboxylic acids is 1. The highest BCUT2D eigenvalue weighted by molar-refractivity contribution is 6.30. The molecule has 2 aromatic carbocycles. The minimum absolute atomic E-state index is 0.0834. The number of benzene rings is 2. The molecule has 1 aliphatic heterocycles. The summed E-state index contributed by atoms with van der Waals surface area (Å²) in [5, 5.41) is 3.79. The highest BCUT2D eigenvalue weighted by atomic mass is 35.5. The van der Waals surface area contributed by atoms with Gasteiger partial charge in [0.25, 0.3) is 0 Å². The van der Waals surface area contributed by atoms with Crippen LogP contribution in [0.1, 0.15) is 12.5 Å². The van der Waals surface area contributed by atoms with Gasteiger partial charge in [-0.05, 0) is 30.7 Å². The van der Waals surface area contributed by atoms with Crippen LogP contribution in [0.15, 0.2) is 54.6 Å². The van der Waals surface area contributed by atoms with Gasteiger partial charge in [0.1, 0.15) is 0 Å². The summed E-state index contributed by atoms with van der Waals surface area (Å²) < 4.78 is 0. The third-order valence-electron chi connectivity index (χ3n) is 4.72. The Labute approximate surface area is 154 Å². The Kier molecular flexibility index (Phi) is 5.95. The van der Waals surface area contributed by atoms with E-state index in [1.807, 2.05) is 55.5 Å². The van der Waals surface area contributed by atoms with E-state index in [0.29, 0.717) is 6.54 Å². The Morgan fingerprint density at radius 2 is 1.80 bits per heavy atom. The molecule has 0 aromatic heterocycles. The first-order chi connectivity index (χ1) is 12.1. The van der Waals surface area contributed by atoms with Gasteiger partial charge in [-0.15, -0.1) is 0 Å². The lowest BCUT2D eigenvalue weighted by Gasteiger charge is -2.38. The van der Waals surface area contributed by atoms with Crippen molar-refractivity contribution in [1.82, 2.24) is 10.2 Å². The zero-order chi connectivity index (χ0) is 17.6. The molecule has 1 N–H and O–H groups in total. The highest BCUT2D eigenvalue weighted by Gasteiger charge is 2.25. The second kappa shape index (κ2) is 8.37. The van der Waals surface area contributed by atoms with Crippen molar-refractivity contribution in [3.05, 3.63) is 65.2 Å². The molecule has 0 spiro atoms. The number of piperazine rings is 1. The first-order valence-electron chi connectivity index (χ1n) is 8.70. The Morgan fingerprint density at radius 1 is 1.08 bits per heavy atom. The molecule has 1 fully saturated rings. The van der Waals surface area contributed by atoms with Crippen LogP contribution in [0, 0.1) is 0 Å². The molecule has 0 bridgehead atoms. The van der Waals surface area contributed by atoms with Gasteiger partial charge in [-0.3, -0.25) is 9.69 Å². The Balaban J connectivity index is 1.49. The van der Waals surface area contributed by atoms with Crippen LogP contribution in [0.4, 0.5) is 5.69 Å². The fourth-order valence-electron chi connectivity index (χ4n) is 3.14. The highest BCUT2D eigenvalue weighted by Crippen LogP contribution is 2.21. The van der Waals surface area contributed by atoms with Crippen molar-refractivity contribution in [3.63, 3.8) is 0 Å². The summed E-state index contributed by atoms with van der Waals surface area (Å²) in [5.41, 5.74) is 2.27. The van der Waals surface area contributed by atoms with Crippen LogP contribution in [0.5, 0.6) is 0 Å². The average Bonchev–Trinajstić information content (AvgIpc) is 2.66. The molecule has 5 heteroatoms. The maximum Gasteiger partial charge on any atom is 0.237 e. The predicted octanol–water partition coefficient (Wildman–Crippen LogP) is 3.17. The molecule has 1 atom stereocenters. The molecule has 1 heterocycles. The maximum absolute atomic E-state index is 12.4. The fraction of sp³-hybridized carbons (Fsp3) is 0.350. The maximum atomic E-state index is 12.4. The standard InChI is InChI=1S/C20H24ClN3O/c1-16(20(25)22-15-17-6-3-2-4-7-17)23-10-12-24(13-11-23)19-9-5-8-18(21)14-19/h2-9,14,16H,10-13,15H2,1H3,(H,22,25)/t16-/m0/s1. The molecule has 0 radical (unpaired) electrons. The molecule has 3 rings (SSSR count). The summed E-state index contributed by atoms with van der Waals surface area (Å²) in [4.78, 5) is 17.0. The first kappa shape index (κ1) is 17.8. The number of nitrogens with one attached hydrogen (secondary N) is 1. The summed E-state index contributed by atoms with van der Waals surface area (Å²) >= 11 is 6.08. The Hall–Kier alpha value is -2.04. The van der Waals surface area contributed by atoms with Gasteiger partial charge in [-0.2, -0.15) is 0 Å². The van der Waals surface area contributed by atoms with E-state index in [1.54, 1.807) is 0 Å². The van der Waals surface area contributed by atoms with Crippen LogP contribution >= 0.6 is 11.6 Å². The van der Waals surface area contributed by atoms with Crippen LogP contribution in [-0.4, -0.2) is 43.0 Å². The third-order valence-corrected chi connectivity index (χ3v) is 4.96. The molecule has 132 valence electrons. The molecule has 2 aromatic rings. The predicted molar refractivity (Wildman–Crippen MR) is 103 cm³/mol. The number of hydrogen-bond donors (Lipinski definition) is 1. The SMILES string of the molecule is C[C@@H](C(=O)NCc1ccccc1)N1CCN(c2cccc(Cl)c2)CC1. The number of amides is 1. The van der Waals surface area contributed by atoms with E-state index in [4.69, 9.17) is 11.6 Å². The summed E-state index contributed by atoms with van der Waals surface area (Å²) in [6.07, 6.45) is 0. The quantitative estimate of drug-likeness (QED) is 0.892. The van der Waals surface area contributed by atoms with Crippen LogP contribution in [0.25, 0.3) is 0 Å². The Bertz CT molecular complexity index is 699. The van der Waals surface area contributed by atoms with E-state index in [2.05, 4.69) is 21.2 Å². The van der Waals surface area contributed by atoms with Gasteiger partial charge < -0.3 is 10.2 Å². The number of nitrogens with zero attached hydrogens (tertiary/aromatic N) is 2. The van der Waals surface area contributed by atoms with Crippen LogP contribution in [-0.2, 0) is 11.3 Å². The van der Waals surface area contributed by atoms with E-state index in [-0.39, 0.29) is 11.9 Å². The van der Waals surface area contributed by atoms with E-state index in [0.717, 1.165) is 42.5 Å². The van der Waals surface area contributed by atoms with Crippen LogP contribution in [0.3, 0.4) is 0 Å². The third kappa shape index (κ3) is 4.74. The van der Waals surface area contributed by atoms with Gasteiger partial charge >= 0.3 is 0 Å². The zero-order valence-corrected chi connectivity index (χ0v) is 15.2. The van der Waals surface area contributed by atoms with Gasteiger partial charge in [0.05, 0.1) is 6.04 Å². The molecule has 0 aliphatic carbocycles. The number of hydrogen-bond acceptors (Lipinski definition) is 3. The molecule has 0 saturated carbocycles. The zero-order valence-electron chi connectivity index (χ0n) is 14.5. The lowest BCUT2D eigenvalue weighted by Crippen LogP contribution is -2.53. The number of anilines is 1. The summed E-state index contributed by atoms with van der Waals surface area (Å²) in [7, 11) is 0. The summed E-state index contributed by atoms with van der Waals surface area (Å²) in [6, 6.07) is 17.8. The molecule has 4 nitrogen and oxygen atoms in total. The van der Waals surface area contributed by atoms with Gasteiger partial charge in [0.2, 0.25) is 5.91 Å². The normalized spacial score (nSPS) is 16.5. The van der Waals surface area contributed by atoms with Crippen LogP contribution < -0.4 is 10.2 Å². The van der Waals surface area contributed by atoms with Crippen molar-refractivity contribution in [3.8, 4) is 0 Å². The van der Waals surface area contributed by atoms with Crippen molar-refractivity contribution in [1.29, 1.82) is 0 Å². The van der Waals surface area contributed by atoms with Crippen LogP contribution in [0.2, 0.25) is 5.02 Å². The molecule has 1 saturated heterocycles. The fourth-order valence-corrected chi connectivity index (χ4v) is 3.32. The molecule has 1 aliphatic rings. The van der Waals surface area contributed by atoms with Gasteiger partial charge in [-0.1, -0.05) is 48.0 Å². The lowest BCUT2D eigenvalue weighted by atomic mass is 10.2. The molecular weight excluding hydrogens is 334 g/mol. The van der Waals surface area contributed by atoms with E-state index >= 15 is 0 Å². The van der Waals surface area contributed by atoms with Gasteiger partial charge in [0.15, 0.2) is 0 Å². The van der Waals surface area contributed by atoms with Crippen molar-refractivity contribution >= 4 is 23.2 Å². The monoisotopic (exact) mass is 357 g/mol. The minimum Gasteiger partial charge on any atom is -0.369 e. The minimum atomic E-state index is -0.120. The van der Waals surface area contributed by atoms with Crippen molar-refractivity contribution in [2.75, 3.05) is 31.1 Å². The number of carbonyl (C=O) groups is 1. The smallest absolute Gasteiger partial charge is 0.237 e. The molecular formula is C20H24ClN3O. The van der Waals surface area contributed by atoms with E-state index < -0.39 is 0 Å². The van der Waals surface area contributed by atoms with Crippen molar-refractivity contribution in [2.45, 2.75) is 19.5 Å². The topological polar surface area (TPSA) is 35.6 Å². The van der Waals surface area contributed by atoms with E-state index in [9.17, 15) is 4.79 Å². The summed E-state index contributed by atoms with van der Waals surface area (Å²) in [6.45, 7) is 6.09. The lowest BCUT2D eigenvalue weighted by molar-refractivity contribution is -0.126. The molecule has 25 heavy (non-hydrogen) atoms. The van der Waals surface area contributed by atoms with Crippen molar-refractivity contribution < 1.29 is 4.79 Å². The second-order valence-corrected chi connectivity index (χ2v) is 6.82. The largest absolute Gasteiger partial charge is 0.369 e. The van der Waals surface area contributed by atoms with E-state index in [1.165, 1.54) is 0 Å². The molecule has 1 amide bonds. The summed E-state index contributed by atoms with van der Waals surface area (Å²) in [5.74, 6) is 0.0834. The average molecular weight is 358 g/mol. The van der Waals surface area contributed by atoms with Crippen molar-refractivity contribution in [2.24, 2.45) is 0 Å². The number of rotatable bonds is 5.